The zero-order valence-electron chi connectivity index (χ0n) is 51.2. The van der Waals surface area contributed by atoms with E-state index in [0.717, 1.165) is 63.7 Å². The number of halogens is 2. The average Bonchev–Trinajstić information content (AvgIpc) is 0.763. The molecule has 0 amide bonds. The smallest absolute Gasteiger partial charge is 0.895 e. The quantitative estimate of drug-likeness (QED) is 0.0527. The monoisotopic (exact) mass is 1570 g/mol. The zero-order valence-corrected chi connectivity index (χ0v) is 59.2. The van der Waals surface area contributed by atoms with Crippen molar-refractivity contribution in [3.05, 3.63) is 399 Å². The van der Waals surface area contributed by atoms with Crippen LogP contribution in [0.3, 0.4) is 0 Å². The van der Waals surface area contributed by atoms with Crippen LogP contribution in [0.1, 0.15) is 0 Å². The fraction of sp³-hybridized carbons (Fsp3) is 0. The van der Waals surface area contributed by atoms with Crippen LogP contribution < -0.4 is 111 Å². The van der Waals surface area contributed by atoms with Gasteiger partial charge in [-0.05, 0) is 146 Å². The predicted octanol–water partition coefficient (Wildman–Crippen LogP) is 3.16. The first kappa shape index (κ1) is 76.3. The molecule has 0 atom stereocenters. The van der Waals surface area contributed by atoms with Crippen molar-refractivity contribution in [1.82, 2.24) is 0 Å². The van der Waals surface area contributed by atoms with E-state index in [9.17, 15) is 10.2 Å². The van der Waals surface area contributed by atoms with Crippen LogP contribution in [-0.4, -0.2) is 0 Å². The molecule has 0 spiro atoms. The van der Waals surface area contributed by atoms with Gasteiger partial charge in [-0.25, -0.2) is 48.8 Å². The Bertz CT molecular complexity index is 3570. The number of allylic oxidation sites excluding steroid dienone is 2. The molecule has 0 bridgehead atoms. The summed E-state index contributed by atoms with van der Waals surface area (Å²) < 4.78 is 67.9. The molecule has 0 fully saturated rings. The first-order valence-corrected chi connectivity index (χ1v) is 39.3. The summed E-state index contributed by atoms with van der Waals surface area (Å²) in [5.41, 5.74) is 0. The van der Waals surface area contributed by atoms with E-state index >= 15 is 0 Å². The van der Waals surface area contributed by atoms with Crippen LogP contribution in [0, 0.1) is 32.8 Å². The molecule has 12 rings (SSSR count). The van der Waals surface area contributed by atoms with Crippen molar-refractivity contribution in [2.45, 2.75) is 0 Å². The third-order valence-corrected chi connectivity index (χ3v) is 31.2. The molecule has 0 aliphatic carbocycles. The Morgan fingerprint density at radius 2 is 0.312 bits per heavy atom. The van der Waals surface area contributed by atoms with E-state index in [1.807, 2.05) is 72.8 Å². The molecule has 0 saturated heterocycles. The summed E-state index contributed by atoms with van der Waals surface area (Å²) in [5.74, 6) is 4.20. The van der Waals surface area contributed by atoms with Gasteiger partial charge in [0, 0.05) is 0 Å². The maximum Gasteiger partial charge on any atom is 1.00 e. The van der Waals surface area contributed by atoms with Crippen LogP contribution in [0.15, 0.2) is 387 Å². The van der Waals surface area contributed by atoms with Crippen LogP contribution in [0.25, 0.3) is 0 Å². The van der Waals surface area contributed by atoms with Gasteiger partial charge < -0.3 is 10.2 Å². The van der Waals surface area contributed by atoms with Crippen molar-refractivity contribution in [1.29, 1.82) is 0 Å². The summed E-state index contributed by atoms with van der Waals surface area (Å²) in [7, 11) is -19.7. The summed E-state index contributed by atoms with van der Waals surface area (Å²) in [5, 5.41) is 43.6. The van der Waals surface area contributed by atoms with Crippen molar-refractivity contribution in [3.63, 3.8) is 0 Å². The van der Waals surface area contributed by atoms with Gasteiger partial charge in [0.05, 0.1) is 92.7 Å². The van der Waals surface area contributed by atoms with Crippen LogP contribution in [0.5, 0.6) is 0 Å². The molecule has 12 aromatic rings. The van der Waals surface area contributed by atoms with Gasteiger partial charge >= 0.3 is 44.8 Å². The van der Waals surface area contributed by atoms with E-state index in [2.05, 4.69) is 315 Å². The fourth-order valence-electron chi connectivity index (χ4n) is 11.5. The minimum atomic E-state index is -4.94. The predicted molar refractivity (Wildman–Crippen MR) is 365 cm³/mol. The molecule has 0 saturated carbocycles. The Hall–Kier alpha value is -7.08. The van der Waals surface area contributed by atoms with Gasteiger partial charge in [-0.15, -0.1) is 20.5 Å². The molecule has 18 heteroatoms. The van der Waals surface area contributed by atoms with Crippen molar-refractivity contribution < 1.29 is 113 Å². The van der Waals surface area contributed by atoms with Gasteiger partial charge in [-0.3, -0.25) is 0 Å². The minimum absolute atomic E-state index is 0. The van der Waals surface area contributed by atoms with Crippen LogP contribution in [-0.2, 0) is 44.8 Å². The minimum Gasteiger partial charge on any atom is -0.895 e. The molecule has 0 aliphatic heterocycles. The molecule has 12 aromatic carbocycles. The number of rotatable bonds is 18. The number of hydrogen-bond acceptors (Lipinski definition) is 10. The summed E-state index contributed by atoms with van der Waals surface area (Å²) in [6, 6.07) is 126. The van der Waals surface area contributed by atoms with Gasteiger partial charge in [0.1, 0.15) is 0 Å². The third-order valence-electron chi connectivity index (χ3n) is 15.2. The third kappa shape index (κ3) is 19.6. The maximum absolute atomic E-state index is 14.9. The van der Waals surface area contributed by atoms with E-state index < -0.39 is 49.5 Å². The molecular weight excluding hydrogens is 1510 g/mol. The first-order valence-electron chi connectivity index (χ1n) is 29.4. The van der Waals surface area contributed by atoms with E-state index in [-0.39, 0.29) is 56.3 Å². The molecule has 0 unspecified atom stereocenters. The topological polar surface area (TPSA) is 231 Å². The number of benzene rings is 12. The molecule has 492 valence electrons. The van der Waals surface area contributed by atoms with Crippen molar-refractivity contribution in [2.24, 2.45) is 0 Å². The van der Waals surface area contributed by atoms with E-state index in [1.165, 1.54) is 0 Å². The number of hydrogen-bond donors (Lipinski definition) is 0. The normalized spacial score (nSPS) is 11.8. The molecule has 0 radical (unpaired) electrons. The summed E-state index contributed by atoms with van der Waals surface area (Å²) in [4.78, 5) is 0. The van der Waals surface area contributed by atoms with Gasteiger partial charge in [0.2, 0.25) is 0 Å². The Kier molecular flexibility index (Phi) is 29.0. The van der Waals surface area contributed by atoms with Crippen molar-refractivity contribution in [3.8, 4) is 0 Å². The second-order valence-electron chi connectivity index (χ2n) is 21.0. The Morgan fingerprint density at radius 3 is 0.427 bits per heavy atom. The molecule has 0 heterocycles. The van der Waals surface area contributed by atoms with Crippen LogP contribution in [0.4, 0.5) is 0 Å². The van der Waals surface area contributed by atoms with Gasteiger partial charge in [-0.2, -0.15) is 0 Å². The zero-order chi connectivity index (χ0) is 66.3. The second kappa shape index (κ2) is 36.5. The molecule has 0 aliphatic rings. The Labute approximate surface area is 599 Å². The SMILES string of the molecule is [Ag+].[Ag+].[O-]/C(=C\[P+](c1ccccc1)(c1ccccc1)c1ccccc1)[CH-][P+](c1ccccc1)(c1ccccc1)c1ccccc1.[O-]/C(=C\[P+](c1ccccc1)(c1ccccc1)c1ccccc1)[CH-][P+](c1ccccc1)(c1ccccc1)c1ccccc1.[O-][Cl+3]([O-])([O-])[O-].[O-][Cl+3]([O-])([O-])[O-]. The van der Waals surface area contributed by atoms with Crippen molar-refractivity contribution in [2.75, 3.05) is 0 Å². The van der Waals surface area contributed by atoms with Gasteiger partial charge in [0.15, 0.2) is 0 Å². The van der Waals surface area contributed by atoms with Crippen LogP contribution in [0.2, 0.25) is 0 Å². The van der Waals surface area contributed by atoms with Gasteiger partial charge in [0.25, 0.3) is 0 Å². The Morgan fingerprint density at radius 1 is 0.208 bits per heavy atom. The second-order valence-corrected chi connectivity index (χ2v) is 35.5. The van der Waals surface area contributed by atoms with Gasteiger partial charge in [-0.1, -0.05) is 242 Å². The first-order chi connectivity index (χ1) is 45.5. The Balaban J connectivity index is 0.000000233. The summed E-state index contributed by atoms with van der Waals surface area (Å²) >= 11 is 0. The fourth-order valence-corrected chi connectivity index (χ4v) is 26.6. The molecule has 0 N–H and O–H groups in total. The standard InChI is InChI=1S/2C39H32OP2.2Ag.2ClHO4/c2*40-33(31-41(34-19-7-1-8-20-34,35-21-9-2-10-22-35)36-23-11-3-12-24-36)32-42(37-25-13-4-14-26-37,38-27-15-5-16-28-38)39-29-17-6-18-30-39;;;2*2-1(3,4)5/h2*1-32H;;;2*(H,2,3,4,5)/q;;2*+1;;/p-2/b2*33-31-;;;;. The van der Waals surface area contributed by atoms with E-state index in [4.69, 9.17) is 37.3 Å². The average molecular weight is 1570 g/mol. The molecule has 96 heavy (non-hydrogen) atoms. The maximum atomic E-state index is 14.9. The molecule has 0 aromatic heterocycles. The van der Waals surface area contributed by atoms with E-state index in [1.54, 1.807) is 0 Å². The van der Waals surface area contributed by atoms with Crippen LogP contribution >= 0.6 is 29.0 Å². The van der Waals surface area contributed by atoms with Crippen molar-refractivity contribution >= 4 is 92.7 Å². The summed E-state index contributed by atoms with van der Waals surface area (Å²) in [6.45, 7) is 0. The largest absolute Gasteiger partial charge is 1.00 e. The van der Waals surface area contributed by atoms with E-state index in [0.29, 0.717) is 0 Å². The molecular formula is C78H64Ag2Cl2O10P4. The summed E-state index contributed by atoms with van der Waals surface area (Å²) in [6.07, 6.45) is 4.10. The molecule has 10 nitrogen and oxygen atoms in total.